The number of nitrogens with zero attached hydrogens (tertiary/aromatic N) is 1. The molecular formula is C12H9ClN2O2. The van der Waals surface area contributed by atoms with Gasteiger partial charge in [-0.15, -0.1) is 0 Å². The zero-order valence-electron chi connectivity index (χ0n) is 9.03. The van der Waals surface area contributed by atoms with Crippen molar-refractivity contribution in [3.05, 3.63) is 35.0 Å². The van der Waals surface area contributed by atoms with Crippen molar-refractivity contribution in [1.82, 2.24) is 4.98 Å². The van der Waals surface area contributed by atoms with E-state index in [1.165, 1.54) is 0 Å². The Labute approximate surface area is 102 Å². The number of fused-ring (bicyclic) bond motifs is 1. The molecule has 0 saturated carbocycles. The van der Waals surface area contributed by atoms with E-state index in [0.717, 1.165) is 5.76 Å². The second-order valence-corrected chi connectivity index (χ2v) is 4.18. The summed E-state index contributed by atoms with van der Waals surface area (Å²) < 4.78 is 11.0. The minimum Gasteiger partial charge on any atom is -0.456 e. The van der Waals surface area contributed by atoms with Crippen LogP contribution in [-0.2, 0) is 0 Å². The molecule has 2 N–H and O–H groups in total. The average Bonchev–Trinajstić information content (AvgIpc) is 2.85. The van der Waals surface area contributed by atoms with E-state index in [-0.39, 0.29) is 0 Å². The third-order valence-electron chi connectivity index (χ3n) is 2.46. The highest BCUT2D eigenvalue weighted by atomic mass is 35.5. The Balaban J connectivity index is 2.19. The van der Waals surface area contributed by atoms with Gasteiger partial charge >= 0.3 is 0 Å². The molecule has 0 amide bonds. The zero-order valence-corrected chi connectivity index (χ0v) is 9.78. The quantitative estimate of drug-likeness (QED) is 0.668. The fourth-order valence-corrected chi connectivity index (χ4v) is 1.78. The third kappa shape index (κ3) is 1.66. The van der Waals surface area contributed by atoms with Gasteiger partial charge in [0.25, 0.3) is 5.89 Å². The van der Waals surface area contributed by atoms with Crippen molar-refractivity contribution in [2.75, 3.05) is 5.73 Å². The summed E-state index contributed by atoms with van der Waals surface area (Å²) in [5.74, 6) is 1.82. The van der Waals surface area contributed by atoms with E-state index in [1.807, 2.05) is 19.1 Å². The van der Waals surface area contributed by atoms with Crippen LogP contribution in [0.25, 0.3) is 22.8 Å². The molecule has 0 aliphatic carbocycles. The minimum atomic E-state index is 0.426. The van der Waals surface area contributed by atoms with Gasteiger partial charge in [-0.25, -0.2) is 4.98 Å². The van der Waals surface area contributed by atoms with Crippen molar-refractivity contribution in [1.29, 1.82) is 0 Å². The highest BCUT2D eigenvalue weighted by Crippen LogP contribution is 2.30. The number of aryl methyl sites for hydroxylation is 1. The molecule has 0 unspecified atom stereocenters. The van der Waals surface area contributed by atoms with Gasteiger partial charge in [-0.1, -0.05) is 11.6 Å². The maximum atomic E-state index is 5.92. The number of halogens is 1. The molecule has 86 valence electrons. The van der Waals surface area contributed by atoms with Crippen LogP contribution in [0.15, 0.2) is 33.1 Å². The molecule has 1 aromatic carbocycles. The number of oxazole rings is 1. The van der Waals surface area contributed by atoms with Crippen molar-refractivity contribution >= 4 is 28.4 Å². The molecule has 3 rings (SSSR count). The number of hydrogen-bond donors (Lipinski definition) is 1. The molecule has 3 aromatic rings. The fraction of sp³-hybridized carbons (Fsp3) is 0.0833. The van der Waals surface area contributed by atoms with Crippen LogP contribution in [0.5, 0.6) is 0 Å². The topological polar surface area (TPSA) is 65.2 Å². The molecule has 0 aliphatic heterocycles. The molecule has 0 fully saturated rings. The van der Waals surface area contributed by atoms with Gasteiger partial charge < -0.3 is 14.6 Å². The largest absolute Gasteiger partial charge is 0.456 e. The molecule has 0 saturated heterocycles. The molecule has 0 aliphatic rings. The highest BCUT2D eigenvalue weighted by Gasteiger charge is 2.12. The number of benzene rings is 1. The predicted octanol–water partition coefficient (Wildman–Crippen LogP) is 3.63. The van der Waals surface area contributed by atoms with Gasteiger partial charge in [0, 0.05) is 6.07 Å². The maximum Gasteiger partial charge on any atom is 0.263 e. The Bertz CT molecular complexity index is 661. The first kappa shape index (κ1) is 10.2. The van der Waals surface area contributed by atoms with Crippen molar-refractivity contribution in [3.63, 3.8) is 0 Å². The fourth-order valence-electron chi connectivity index (χ4n) is 1.62. The molecule has 0 spiro atoms. The zero-order chi connectivity index (χ0) is 12.0. The summed E-state index contributed by atoms with van der Waals surface area (Å²) in [6, 6.07) is 7.00. The SMILES string of the molecule is Cc1ccc(-c2nc3cc(Cl)c(N)cc3o2)o1. The van der Waals surface area contributed by atoms with Gasteiger partial charge in [0.05, 0.1) is 10.7 Å². The van der Waals surface area contributed by atoms with E-state index >= 15 is 0 Å². The van der Waals surface area contributed by atoms with E-state index in [0.29, 0.717) is 33.5 Å². The first-order valence-electron chi connectivity index (χ1n) is 5.06. The van der Waals surface area contributed by atoms with Crippen molar-refractivity contribution in [2.45, 2.75) is 6.92 Å². The summed E-state index contributed by atoms with van der Waals surface area (Å²) in [5, 5.41) is 0.466. The Morgan fingerprint density at radius 1 is 1.24 bits per heavy atom. The standard InChI is InChI=1S/C12H9ClN2O2/c1-6-2-3-10(16-6)12-15-9-4-7(13)8(14)5-11(9)17-12/h2-5H,14H2,1H3. The van der Waals surface area contributed by atoms with E-state index in [2.05, 4.69) is 4.98 Å². The van der Waals surface area contributed by atoms with Crippen molar-refractivity contribution in [2.24, 2.45) is 0 Å². The molecule has 17 heavy (non-hydrogen) atoms. The normalized spacial score (nSPS) is 11.2. The maximum absolute atomic E-state index is 5.92. The van der Waals surface area contributed by atoms with Gasteiger partial charge in [0.15, 0.2) is 11.3 Å². The van der Waals surface area contributed by atoms with Crippen molar-refractivity contribution < 1.29 is 8.83 Å². The summed E-state index contributed by atoms with van der Waals surface area (Å²) in [5.41, 5.74) is 7.42. The lowest BCUT2D eigenvalue weighted by molar-refractivity contribution is 0.513. The number of aromatic nitrogens is 1. The molecule has 5 heteroatoms. The number of nitrogens with two attached hydrogens (primary N) is 1. The van der Waals surface area contributed by atoms with Crippen LogP contribution in [0.3, 0.4) is 0 Å². The lowest BCUT2D eigenvalue weighted by Crippen LogP contribution is -1.84. The van der Waals surface area contributed by atoms with Crippen LogP contribution < -0.4 is 5.73 Å². The molecule has 2 aromatic heterocycles. The average molecular weight is 249 g/mol. The summed E-state index contributed by atoms with van der Waals surface area (Å²) in [7, 11) is 0. The Kier molecular flexibility index (Phi) is 2.12. The number of rotatable bonds is 1. The molecule has 4 nitrogen and oxygen atoms in total. The molecule has 2 heterocycles. The second-order valence-electron chi connectivity index (χ2n) is 3.77. The number of furan rings is 1. The summed E-state index contributed by atoms with van der Waals surface area (Å²) >= 11 is 5.92. The Morgan fingerprint density at radius 3 is 2.76 bits per heavy atom. The van der Waals surface area contributed by atoms with Crippen LogP contribution >= 0.6 is 11.6 Å². The summed E-state index contributed by atoms with van der Waals surface area (Å²) in [6.45, 7) is 1.86. The first-order valence-corrected chi connectivity index (χ1v) is 5.43. The van der Waals surface area contributed by atoms with Gasteiger partial charge in [0.1, 0.15) is 11.3 Å². The van der Waals surface area contributed by atoms with Crippen LogP contribution in [0, 0.1) is 6.92 Å². The van der Waals surface area contributed by atoms with E-state index in [9.17, 15) is 0 Å². The third-order valence-corrected chi connectivity index (χ3v) is 2.79. The predicted molar refractivity (Wildman–Crippen MR) is 65.9 cm³/mol. The van der Waals surface area contributed by atoms with Crippen molar-refractivity contribution in [3.8, 4) is 11.7 Å². The van der Waals surface area contributed by atoms with E-state index in [4.69, 9.17) is 26.2 Å². The monoisotopic (exact) mass is 248 g/mol. The second kappa shape index (κ2) is 3.53. The van der Waals surface area contributed by atoms with Gasteiger partial charge in [-0.3, -0.25) is 0 Å². The molecular weight excluding hydrogens is 240 g/mol. The first-order chi connectivity index (χ1) is 8.13. The van der Waals surface area contributed by atoms with Crippen LogP contribution in [0.4, 0.5) is 5.69 Å². The summed E-state index contributed by atoms with van der Waals surface area (Å²) in [4.78, 5) is 4.30. The van der Waals surface area contributed by atoms with Crippen LogP contribution in [-0.4, -0.2) is 4.98 Å². The number of hydrogen-bond acceptors (Lipinski definition) is 4. The summed E-state index contributed by atoms with van der Waals surface area (Å²) in [6.07, 6.45) is 0. The van der Waals surface area contributed by atoms with Gasteiger partial charge in [0.2, 0.25) is 0 Å². The number of nitrogen functional groups attached to an aromatic ring is 1. The lowest BCUT2D eigenvalue weighted by Gasteiger charge is -1.94. The smallest absolute Gasteiger partial charge is 0.263 e. The van der Waals surface area contributed by atoms with E-state index < -0.39 is 0 Å². The van der Waals surface area contributed by atoms with E-state index in [1.54, 1.807) is 12.1 Å². The molecule has 0 atom stereocenters. The van der Waals surface area contributed by atoms with Crippen LogP contribution in [0.1, 0.15) is 5.76 Å². The molecule has 0 bridgehead atoms. The van der Waals surface area contributed by atoms with Crippen LogP contribution in [0.2, 0.25) is 5.02 Å². The lowest BCUT2D eigenvalue weighted by atomic mass is 10.3. The highest BCUT2D eigenvalue weighted by molar-refractivity contribution is 6.33. The number of anilines is 1. The Hall–Kier alpha value is -1.94. The van der Waals surface area contributed by atoms with Gasteiger partial charge in [-0.2, -0.15) is 0 Å². The van der Waals surface area contributed by atoms with Gasteiger partial charge in [-0.05, 0) is 25.1 Å². The Morgan fingerprint density at radius 2 is 2.06 bits per heavy atom. The molecule has 0 radical (unpaired) electrons. The minimum absolute atomic E-state index is 0.426.